The number of fused-ring (bicyclic) bond motifs is 12. The summed E-state index contributed by atoms with van der Waals surface area (Å²) in [4.78, 5) is 5.21. The first-order chi connectivity index (χ1) is 42.3. The van der Waals surface area contributed by atoms with Gasteiger partial charge in [0.15, 0.2) is 0 Å². The molecule has 86 heavy (non-hydrogen) atoms. The van der Waals surface area contributed by atoms with Crippen LogP contribution in [0.4, 0.5) is 34.1 Å². The molecule has 0 bridgehead atoms. The third kappa shape index (κ3) is 7.87. The summed E-state index contributed by atoms with van der Waals surface area (Å²) < 4.78 is 5.21. The lowest BCUT2D eigenvalue weighted by atomic mass is 9.93. The van der Waals surface area contributed by atoms with Gasteiger partial charge < -0.3 is 18.6 Å². The van der Waals surface area contributed by atoms with Crippen molar-refractivity contribution in [2.75, 3.05) is 9.80 Å². The van der Waals surface area contributed by atoms with E-state index in [-0.39, 0.29) is 0 Å². The van der Waals surface area contributed by atoms with E-state index < -0.39 is 0 Å². The second kappa shape index (κ2) is 20.1. The molecule has 4 nitrogen and oxygen atoms in total. The number of hydrogen-bond donors (Lipinski definition) is 0. The molecule has 0 amide bonds. The van der Waals surface area contributed by atoms with E-state index in [1.165, 1.54) is 206 Å². The highest BCUT2D eigenvalue weighted by Gasteiger charge is 2.31. The normalized spacial score (nSPS) is 14.5. The minimum atomic E-state index is 0.387. The van der Waals surface area contributed by atoms with Crippen molar-refractivity contribution in [2.24, 2.45) is 0 Å². The van der Waals surface area contributed by atoms with Gasteiger partial charge in [-0.3, -0.25) is 0 Å². The van der Waals surface area contributed by atoms with Crippen LogP contribution >= 0.6 is 0 Å². The lowest BCUT2D eigenvalue weighted by Crippen LogP contribution is -2.13. The number of benzene rings is 11. The summed E-state index contributed by atoms with van der Waals surface area (Å²) in [6.45, 7) is 9.24. The molecule has 0 atom stereocenters. The lowest BCUT2D eigenvalue weighted by molar-refractivity contribution is 0.723. The van der Waals surface area contributed by atoms with E-state index in [1.807, 2.05) is 0 Å². The van der Waals surface area contributed by atoms with Gasteiger partial charge in [-0.1, -0.05) is 199 Å². The van der Waals surface area contributed by atoms with Crippen molar-refractivity contribution in [3.05, 3.63) is 253 Å². The molecule has 0 aliphatic heterocycles. The maximum absolute atomic E-state index is 2.61. The Balaban J connectivity index is 0.924. The zero-order valence-corrected chi connectivity index (χ0v) is 49.7. The van der Waals surface area contributed by atoms with Crippen molar-refractivity contribution in [1.82, 2.24) is 8.80 Å². The molecule has 418 valence electrons. The molecule has 2 saturated carbocycles. The highest BCUT2D eigenvalue weighted by atomic mass is 15.2. The van der Waals surface area contributed by atoms with Gasteiger partial charge in [0, 0.05) is 65.6 Å². The average molecular weight is 1110 g/mol. The van der Waals surface area contributed by atoms with E-state index in [0.29, 0.717) is 23.7 Å². The number of aromatic nitrogens is 2. The Morgan fingerprint density at radius 1 is 0.326 bits per heavy atom. The third-order valence-electron chi connectivity index (χ3n) is 20.2. The predicted molar refractivity (Wildman–Crippen MR) is 367 cm³/mol. The fourth-order valence-corrected chi connectivity index (χ4v) is 15.9. The Morgan fingerprint density at radius 2 is 0.721 bits per heavy atom. The van der Waals surface area contributed by atoms with Crippen LogP contribution in [0, 0.1) is 0 Å². The van der Waals surface area contributed by atoms with Crippen LogP contribution in [0.25, 0.3) is 98.4 Å². The van der Waals surface area contributed by atoms with Crippen LogP contribution in [0.5, 0.6) is 0 Å². The van der Waals surface area contributed by atoms with Gasteiger partial charge in [-0.05, 0) is 168 Å². The Morgan fingerprint density at radius 3 is 1.14 bits per heavy atom. The van der Waals surface area contributed by atoms with Crippen LogP contribution in [0.15, 0.2) is 231 Å². The predicted octanol–water partition coefficient (Wildman–Crippen LogP) is 23.8. The number of anilines is 6. The van der Waals surface area contributed by atoms with Crippen LogP contribution in [-0.2, 0) is 0 Å². The van der Waals surface area contributed by atoms with Crippen LogP contribution in [0.3, 0.4) is 0 Å². The van der Waals surface area contributed by atoms with Crippen molar-refractivity contribution >= 4 is 110 Å². The van der Waals surface area contributed by atoms with E-state index in [9.17, 15) is 0 Å². The molecule has 0 radical (unpaired) electrons. The van der Waals surface area contributed by atoms with Gasteiger partial charge in [0.05, 0.1) is 55.8 Å². The maximum Gasteiger partial charge on any atom is 0.0641 e. The molecule has 2 aliphatic carbocycles. The largest absolute Gasteiger partial charge is 0.309 e. The van der Waals surface area contributed by atoms with Crippen LogP contribution in [0.1, 0.15) is 125 Å². The fourth-order valence-electron chi connectivity index (χ4n) is 15.9. The number of rotatable bonds is 12. The minimum absolute atomic E-state index is 0.387. The van der Waals surface area contributed by atoms with Gasteiger partial charge in [-0.25, -0.2) is 0 Å². The molecule has 4 heteroatoms. The zero-order valence-electron chi connectivity index (χ0n) is 49.7. The van der Waals surface area contributed by atoms with Gasteiger partial charge in [-0.15, -0.1) is 0 Å². The molecule has 2 aliphatic rings. The third-order valence-corrected chi connectivity index (χ3v) is 20.2. The quantitative estimate of drug-likeness (QED) is 0.121. The Labute approximate surface area is 503 Å². The van der Waals surface area contributed by atoms with Gasteiger partial charge in [0.2, 0.25) is 0 Å². The van der Waals surface area contributed by atoms with E-state index in [2.05, 4.69) is 277 Å². The van der Waals surface area contributed by atoms with Gasteiger partial charge in [0.1, 0.15) is 0 Å². The zero-order chi connectivity index (χ0) is 57.3. The van der Waals surface area contributed by atoms with Crippen molar-refractivity contribution in [1.29, 1.82) is 0 Å². The number of para-hydroxylation sites is 2. The monoisotopic (exact) mass is 1110 g/mol. The molecule has 0 saturated heterocycles. The van der Waals surface area contributed by atoms with Gasteiger partial charge in [0.25, 0.3) is 0 Å². The summed E-state index contributed by atoms with van der Waals surface area (Å²) in [7, 11) is 0. The number of hydrogen-bond acceptors (Lipinski definition) is 2. The van der Waals surface area contributed by atoms with Crippen molar-refractivity contribution < 1.29 is 0 Å². The molecule has 0 unspecified atom stereocenters. The first kappa shape index (κ1) is 51.1. The first-order valence-electron chi connectivity index (χ1n) is 31.9. The Hall–Kier alpha value is -9.38. The van der Waals surface area contributed by atoms with Gasteiger partial charge in [-0.2, -0.15) is 0 Å². The van der Waals surface area contributed by atoms with Crippen LogP contribution in [-0.4, -0.2) is 8.80 Å². The molecule has 4 heterocycles. The summed E-state index contributed by atoms with van der Waals surface area (Å²) >= 11 is 0. The SMILES string of the molecule is CC(C)c1ccc(N(c2cccc(C3CCCC3)c2)c2ccc3c4cc5c(cc4n4c6ccccc6c2c34)c2ccc(N(c3cccc(C4CCCC4)c3)c3ccc(C(C)C)cc3-c3ccccc3)c3c4ccccc4n5c23)c(-c2ccccc2)c1. The molecule has 4 aromatic heterocycles. The average Bonchev–Trinajstić information content (AvgIpc) is 1.79. The molecule has 15 aromatic rings. The van der Waals surface area contributed by atoms with Crippen molar-refractivity contribution in [3.8, 4) is 22.3 Å². The molecule has 0 spiro atoms. The Kier molecular flexibility index (Phi) is 12.0. The first-order valence-corrected chi connectivity index (χ1v) is 31.9. The van der Waals surface area contributed by atoms with E-state index >= 15 is 0 Å². The topological polar surface area (TPSA) is 15.3 Å². The minimum Gasteiger partial charge on any atom is -0.309 e. The lowest BCUT2D eigenvalue weighted by Gasteiger charge is -2.30. The Bertz CT molecular complexity index is 4770. The fraction of sp³-hybridized carbons (Fsp3) is 0.195. The van der Waals surface area contributed by atoms with Crippen molar-refractivity contribution in [3.63, 3.8) is 0 Å². The highest BCUT2D eigenvalue weighted by Crippen LogP contribution is 2.54. The van der Waals surface area contributed by atoms with E-state index in [0.717, 1.165) is 0 Å². The maximum atomic E-state index is 2.61. The van der Waals surface area contributed by atoms with Crippen LogP contribution < -0.4 is 9.80 Å². The summed E-state index contributed by atoms with van der Waals surface area (Å²) in [5, 5.41) is 10.2. The highest BCUT2D eigenvalue weighted by molar-refractivity contribution is 6.32. The summed E-state index contributed by atoms with van der Waals surface area (Å²) in [6, 6.07) is 88.9. The second-order valence-electron chi connectivity index (χ2n) is 25.7. The molecule has 11 aromatic carbocycles. The summed E-state index contributed by atoms with van der Waals surface area (Å²) in [5.74, 6) is 1.94. The second-order valence-corrected chi connectivity index (χ2v) is 25.7. The van der Waals surface area contributed by atoms with E-state index in [1.54, 1.807) is 0 Å². The number of nitrogens with zero attached hydrogens (tertiary/aromatic N) is 4. The molecule has 0 N–H and O–H groups in total. The van der Waals surface area contributed by atoms with E-state index in [4.69, 9.17) is 0 Å². The molecular weight excluding hydrogens is 1040 g/mol. The van der Waals surface area contributed by atoms with Gasteiger partial charge >= 0.3 is 0 Å². The molecule has 17 rings (SSSR count). The molecular formula is C82H70N4. The summed E-state index contributed by atoms with van der Waals surface area (Å²) in [5.41, 5.74) is 25.1. The molecule has 2 fully saturated rings. The standard InChI is InChI=1S/C82H70N4/c1-51(2)57-37-41-73(67(47-57)55-25-7-5-8-26-55)83(61-31-19-29-59(45-61)53-21-11-12-22-53)75-43-39-63-69-49-78-70(50-77(69)85-71-35-17-15-33-65(71)79(75)81(63)85)64-40-44-76(80-66-34-16-18-36-72(66)86(78)82(64)80)84(62-32-20-30-60(46-62)54-23-13-14-24-54)74-42-38-58(52(3)4)48-68(74)56-27-9-6-10-28-56/h5-10,15-20,25-54H,11-14,21-24H2,1-4H3. The summed E-state index contributed by atoms with van der Waals surface area (Å²) in [6.07, 6.45) is 10.2. The van der Waals surface area contributed by atoms with Crippen LogP contribution in [0.2, 0.25) is 0 Å². The smallest absolute Gasteiger partial charge is 0.0641 e. The van der Waals surface area contributed by atoms with Crippen molar-refractivity contribution in [2.45, 2.75) is 103 Å².